The minimum atomic E-state index is 0.447. The van der Waals surface area contributed by atoms with E-state index < -0.39 is 0 Å². The van der Waals surface area contributed by atoms with Crippen LogP contribution in [0.4, 0.5) is 0 Å². The van der Waals surface area contributed by atoms with E-state index in [4.69, 9.17) is 11.5 Å². The Bertz CT molecular complexity index is 93.1. The van der Waals surface area contributed by atoms with Crippen molar-refractivity contribution in [3.8, 4) is 0 Å². The smallest absolute Gasteiger partial charge is 0.119 e. The third-order valence-corrected chi connectivity index (χ3v) is 0.525. The third kappa shape index (κ3) is 2.82. The van der Waals surface area contributed by atoms with E-state index in [1.165, 1.54) is 12.3 Å². The Morgan fingerprint density at radius 2 is 2.29 bits per heavy atom. The second-order valence-electron chi connectivity index (χ2n) is 1.01. The summed E-state index contributed by atoms with van der Waals surface area (Å²) in [5, 5.41) is 0. The highest BCUT2D eigenvalue weighted by Gasteiger charge is 1.72. The molecule has 0 amide bonds. The third-order valence-electron chi connectivity index (χ3n) is 0.525. The van der Waals surface area contributed by atoms with Crippen LogP contribution in [0.25, 0.3) is 0 Å². The van der Waals surface area contributed by atoms with E-state index in [0.29, 0.717) is 5.84 Å². The van der Waals surface area contributed by atoms with Gasteiger partial charge in [-0.15, -0.1) is 0 Å². The molecular weight excluding hydrogens is 90.1 g/mol. The maximum absolute atomic E-state index is 5.17. The van der Waals surface area contributed by atoms with Crippen molar-refractivity contribution in [1.29, 1.82) is 0 Å². The topological polar surface area (TPSA) is 64.4 Å². The Morgan fingerprint density at radius 3 is 2.43 bits per heavy atom. The fourth-order valence-corrected chi connectivity index (χ4v) is 0.173. The molecule has 0 saturated heterocycles. The SMILES string of the molecule is CN=C(N)C=CN. The molecule has 0 aromatic rings. The molecule has 0 atom stereocenters. The molecular formula is C4H9N3. The summed E-state index contributed by atoms with van der Waals surface area (Å²) in [6.07, 6.45) is 2.88. The summed E-state index contributed by atoms with van der Waals surface area (Å²) < 4.78 is 0. The van der Waals surface area contributed by atoms with Crippen LogP contribution in [0.1, 0.15) is 0 Å². The number of hydrogen-bond acceptors (Lipinski definition) is 2. The highest BCUT2D eigenvalue weighted by atomic mass is 14.8. The summed E-state index contributed by atoms with van der Waals surface area (Å²) in [5.74, 6) is 0.447. The van der Waals surface area contributed by atoms with Gasteiger partial charge in [0.15, 0.2) is 0 Å². The zero-order chi connectivity index (χ0) is 5.70. The van der Waals surface area contributed by atoms with E-state index >= 15 is 0 Å². The molecule has 0 bridgehead atoms. The summed E-state index contributed by atoms with van der Waals surface area (Å²) in [7, 11) is 1.61. The van der Waals surface area contributed by atoms with Gasteiger partial charge in [-0.05, 0) is 12.3 Å². The first-order valence-corrected chi connectivity index (χ1v) is 1.91. The molecule has 0 aromatic carbocycles. The second kappa shape index (κ2) is 3.21. The van der Waals surface area contributed by atoms with Gasteiger partial charge in [0.05, 0.1) is 0 Å². The molecule has 0 aromatic heterocycles. The molecule has 0 heterocycles. The first-order chi connectivity index (χ1) is 3.31. The van der Waals surface area contributed by atoms with Gasteiger partial charge in [-0.1, -0.05) is 0 Å². The van der Waals surface area contributed by atoms with Gasteiger partial charge in [0, 0.05) is 7.05 Å². The van der Waals surface area contributed by atoms with Crippen molar-refractivity contribution in [3.63, 3.8) is 0 Å². The van der Waals surface area contributed by atoms with Gasteiger partial charge in [0.2, 0.25) is 0 Å². The van der Waals surface area contributed by atoms with Crippen LogP contribution in [0.2, 0.25) is 0 Å². The Balaban J connectivity index is 3.58. The molecule has 3 heteroatoms. The van der Waals surface area contributed by atoms with Crippen molar-refractivity contribution in [2.75, 3.05) is 7.05 Å². The number of amidine groups is 1. The summed E-state index contributed by atoms with van der Waals surface area (Å²) in [5.41, 5.74) is 10.1. The second-order valence-corrected chi connectivity index (χ2v) is 1.01. The monoisotopic (exact) mass is 99.1 g/mol. The van der Waals surface area contributed by atoms with Gasteiger partial charge in [-0.25, -0.2) is 0 Å². The van der Waals surface area contributed by atoms with E-state index in [-0.39, 0.29) is 0 Å². The van der Waals surface area contributed by atoms with E-state index in [1.54, 1.807) is 7.05 Å². The van der Waals surface area contributed by atoms with Crippen LogP contribution in [0.3, 0.4) is 0 Å². The highest BCUT2D eigenvalue weighted by molar-refractivity contribution is 5.91. The van der Waals surface area contributed by atoms with Crippen molar-refractivity contribution in [1.82, 2.24) is 0 Å². The lowest BCUT2D eigenvalue weighted by atomic mass is 10.6. The zero-order valence-corrected chi connectivity index (χ0v) is 4.26. The molecule has 3 nitrogen and oxygen atoms in total. The first kappa shape index (κ1) is 6.01. The normalized spacial score (nSPS) is 13.0. The lowest BCUT2D eigenvalue weighted by Crippen LogP contribution is -2.07. The van der Waals surface area contributed by atoms with Crippen LogP contribution in [-0.2, 0) is 0 Å². The lowest BCUT2D eigenvalue weighted by molar-refractivity contribution is 1.41. The van der Waals surface area contributed by atoms with Crippen molar-refractivity contribution in [2.24, 2.45) is 16.5 Å². The summed E-state index contributed by atoms with van der Waals surface area (Å²) in [6, 6.07) is 0. The van der Waals surface area contributed by atoms with Gasteiger partial charge >= 0.3 is 0 Å². The quantitative estimate of drug-likeness (QED) is 0.342. The first-order valence-electron chi connectivity index (χ1n) is 1.91. The van der Waals surface area contributed by atoms with Crippen LogP contribution >= 0.6 is 0 Å². The van der Waals surface area contributed by atoms with Gasteiger partial charge in [0.25, 0.3) is 0 Å². The zero-order valence-electron chi connectivity index (χ0n) is 4.26. The van der Waals surface area contributed by atoms with Crippen molar-refractivity contribution in [2.45, 2.75) is 0 Å². The lowest BCUT2D eigenvalue weighted by Gasteiger charge is -1.81. The Hall–Kier alpha value is -0.990. The number of aliphatic imine (C=N–C) groups is 1. The maximum atomic E-state index is 5.17. The highest BCUT2D eigenvalue weighted by Crippen LogP contribution is 1.63. The molecule has 0 aliphatic rings. The van der Waals surface area contributed by atoms with Crippen molar-refractivity contribution < 1.29 is 0 Å². The molecule has 0 radical (unpaired) electrons. The van der Waals surface area contributed by atoms with Crippen LogP contribution < -0.4 is 11.5 Å². The fraction of sp³-hybridized carbons (Fsp3) is 0.250. The van der Waals surface area contributed by atoms with Crippen molar-refractivity contribution in [3.05, 3.63) is 12.3 Å². The minimum absolute atomic E-state index is 0.447. The number of rotatable bonds is 1. The minimum Gasteiger partial charge on any atom is -0.404 e. The number of hydrogen-bond donors (Lipinski definition) is 2. The number of nitrogens with zero attached hydrogens (tertiary/aromatic N) is 1. The van der Waals surface area contributed by atoms with E-state index in [2.05, 4.69) is 4.99 Å². The number of nitrogens with two attached hydrogens (primary N) is 2. The average molecular weight is 99.1 g/mol. The molecule has 0 fully saturated rings. The molecule has 0 spiro atoms. The molecule has 7 heavy (non-hydrogen) atoms. The molecule has 0 rings (SSSR count). The predicted molar refractivity (Wildman–Crippen MR) is 30.9 cm³/mol. The predicted octanol–water partition coefficient (Wildman–Crippen LogP) is -0.554. The van der Waals surface area contributed by atoms with E-state index in [0.717, 1.165) is 0 Å². The van der Waals surface area contributed by atoms with Crippen LogP contribution in [0.15, 0.2) is 17.3 Å². The van der Waals surface area contributed by atoms with Gasteiger partial charge in [-0.2, -0.15) is 0 Å². The summed E-state index contributed by atoms with van der Waals surface area (Å²) in [4.78, 5) is 3.61. The van der Waals surface area contributed by atoms with Gasteiger partial charge in [0.1, 0.15) is 5.84 Å². The van der Waals surface area contributed by atoms with Gasteiger partial charge < -0.3 is 11.5 Å². The molecule has 40 valence electrons. The molecule has 0 aliphatic heterocycles. The van der Waals surface area contributed by atoms with Crippen LogP contribution in [0.5, 0.6) is 0 Å². The molecule has 0 aliphatic carbocycles. The van der Waals surface area contributed by atoms with E-state index in [9.17, 15) is 0 Å². The van der Waals surface area contributed by atoms with Crippen LogP contribution in [0, 0.1) is 0 Å². The van der Waals surface area contributed by atoms with E-state index in [1.807, 2.05) is 0 Å². The largest absolute Gasteiger partial charge is 0.404 e. The summed E-state index contributed by atoms with van der Waals surface area (Å²) >= 11 is 0. The molecule has 0 unspecified atom stereocenters. The Labute approximate surface area is 42.7 Å². The molecule has 0 saturated carbocycles. The fourth-order valence-electron chi connectivity index (χ4n) is 0.173. The van der Waals surface area contributed by atoms with Gasteiger partial charge in [-0.3, -0.25) is 4.99 Å². The van der Waals surface area contributed by atoms with Crippen molar-refractivity contribution >= 4 is 5.84 Å². The standard InChI is InChI=1S/C4H9N3/c1-7-4(6)2-3-5/h2-3H,5H2,1H3,(H2,6,7). The Kier molecular flexibility index (Phi) is 2.76. The maximum Gasteiger partial charge on any atom is 0.119 e. The van der Waals surface area contributed by atoms with Crippen LogP contribution in [-0.4, -0.2) is 12.9 Å². The summed E-state index contributed by atoms with van der Waals surface area (Å²) in [6.45, 7) is 0. The molecule has 4 N–H and O–H groups in total. The Morgan fingerprint density at radius 1 is 1.71 bits per heavy atom. The average Bonchev–Trinajstić information content (AvgIpc) is 1.68.